The highest BCUT2D eigenvalue weighted by molar-refractivity contribution is 6.33. The monoisotopic (exact) mass is 422 g/mol. The Morgan fingerprint density at radius 2 is 1.52 bits per heavy atom. The van der Waals surface area contributed by atoms with Gasteiger partial charge in [0.2, 0.25) is 11.8 Å². The number of nitrogens with zero attached hydrogens (tertiary/aromatic N) is 3. The minimum Gasteiger partial charge on any atom is -0.336 e. The first-order valence-corrected chi connectivity index (χ1v) is 11.0. The third kappa shape index (κ3) is 6.98. The number of rotatable bonds is 9. The molecule has 1 heterocycles. The van der Waals surface area contributed by atoms with Gasteiger partial charge in [0.25, 0.3) is 0 Å². The van der Waals surface area contributed by atoms with Crippen molar-refractivity contribution in [3.05, 3.63) is 29.3 Å². The van der Waals surface area contributed by atoms with Crippen LogP contribution in [0.15, 0.2) is 24.3 Å². The Hall–Kier alpha value is -1.63. The minimum absolute atomic E-state index is 0.0673. The summed E-state index contributed by atoms with van der Waals surface area (Å²) in [6.45, 7) is 12.4. The highest BCUT2D eigenvalue weighted by atomic mass is 35.5. The van der Waals surface area contributed by atoms with Gasteiger partial charge in [-0.15, -0.1) is 0 Å². The molecule has 1 fully saturated rings. The number of nitrogens with one attached hydrogen (secondary N) is 1. The van der Waals surface area contributed by atoms with Gasteiger partial charge < -0.3 is 10.2 Å². The molecule has 6 nitrogen and oxygen atoms in total. The molecule has 7 heteroatoms. The number of carbonyl (C=O) groups is 2. The van der Waals surface area contributed by atoms with Crippen molar-refractivity contribution >= 4 is 29.1 Å². The summed E-state index contributed by atoms with van der Waals surface area (Å²) >= 11 is 6.10. The zero-order valence-corrected chi connectivity index (χ0v) is 18.9. The van der Waals surface area contributed by atoms with Gasteiger partial charge >= 0.3 is 0 Å². The molecule has 1 aromatic carbocycles. The van der Waals surface area contributed by atoms with Crippen LogP contribution in [-0.4, -0.2) is 77.9 Å². The van der Waals surface area contributed by atoms with Crippen molar-refractivity contribution in [3.8, 4) is 0 Å². The number of halogens is 1. The second-order valence-corrected chi connectivity index (χ2v) is 8.30. The molecular formula is C22H35ClN4O2. The van der Waals surface area contributed by atoms with E-state index in [-0.39, 0.29) is 23.9 Å². The molecule has 2 rings (SSSR count). The second kappa shape index (κ2) is 11.5. The average Bonchev–Trinajstić information content (AvgIpc) is 2.71. The Balaban J connectivity index is 1.80. The van der Waals surface area contributed by atoms with Gasteiger partial charge in [0.15, 0.2) is 0 Å². The van der Waals surface area contributed by atoms with E-state index in [0.29, 0.717) is 23.8 Å². The largest absolute Gasteiger partial charge is 0.336 e. The van der Waals surface area contributed by atoms with E-state index in [4.69, 9.17) is 11.6 Å². The summed E-state index contributed by atoms with van der Waals surface area (Å²) in [5.74, 6) is 0.140. The summed E-state index contributed by atoms with van der Waals surface area (Å²) in [5, 5.41) is 3.40. The molecule has 162 valence electrons. The summed E-state index contributed by atoms with van der Waals surface area (Å²) in [7, 11) is 0. The zero-order valence-electron chi connectivity index (χ0n) is 18.2. The van der Waals surface area contributed by atoms with Crippen LogP contribution in [0, 0.1) is 0 Å². The molecule has 2 amide bonds. The van der Waals surface area contributed by atoms with Crippen LogP contribution >= 0.6 is 11.6 Å². The Labute approximate surface area is 180 Å². The van der Waals surface area contributed by atoms with Gasteiger partial charge in [-0.05, 0) is 38.8 Å². The Kier molecular flexibility index (Phi) is 9.40. The second-order valence-electron chi connectivity index (χ2n) is 7.90. The van der Waals surface area contributed by atoms with E-state index in [0.717, 1.165) is 39.0 Å². The van der Waals surface area contributed by atoms with E-state index in [2.05, 4.69) is 42.8 Å². The first-order valence-electron chi connectivity index (χ1n) is 10.7. The summed E-state index contributed by atoms with van der Waals surface area (Å²) in [4.78, 5) is 31.6. The van der Waals surface area contributed by atoms with Gasteiger partial charge in [0.1, 0.15) is 0 Å². The predicted molar refractivity (Wildman–Crippen MR) is 119 cm³/mol. The molecule has 0 aromatic heterocycles. The molecule has 1 aromatic rings. The van der Waals surface area contributed by atoms with Gasteiger partial charge in [-0.25, -0.2) is 0 Å². The van der Waals surface area contributed by atoms with E-state index in [9.17, 15) is 9.59 Å². The van der Waals surface area contributed by atoms with Crippen LogP contribution in [0.2, 0.25) is 5.02 Å². The predicted octanol–water partition coefficient (Wildman–Crippen LogP) is 3.32. The maximum Gasteiger partial charge on any atom is 0.238 e. The smallest absolute Gasteiger partial charge is 0.238 e. The molecule has 1 aliphatic heterocycles. The molecule has 0 saturated carbocycles. The molecule has 2 atom stereocenters. The summed E-state index contributed by atoms with van der Waals surface area (Å²) < 4.78 is 0. The quantitative estimate of drug-likeness (QED) is 0.663. The fourth-order valence-electron chi connectivity index (χ4n) is 3.65. The summed E-state index contributed by atoms with van der Waals surface area (Å²) in [6, 6.07) is 7.75. The number of piperazine rings is 1. The lowest BCUT2D eigenvalue weighted by molar-refractivity contribution is -0.137. The van der Waals surface area contributed by atoms with Crippen LogP contribution < -0.4 is 5.32 Å². The minimum atomic E-state index is -0.0673. The lowest BCUT2D eigenvalue weighted by atomic mass is 10.1. The van der Waals surface area contributed by atoms with Crippen LogP contribution in [0.25, 0.3) is 0 Å². The zero-order chi connectivity index (χ0) is 21.4. The van der Waals surface area contributed by atoms with Gasteiger partial charge in [0, 0.05) is 38.3 Å². The normalized spacial score (nSPS) is 17.6. The Morgan fingerprint density at radius 3 is 2.03 bits per heavy atom. The summed E-state index contributed by atoms with van der Waals surface area (Å²) in [5.41, 5.74) is 0.638. The number of carbonyl (C=O) groups excluding carboxylic acids is 2. The SMILES string of the molecule is CCC(C)N(C(=O)CN1CCN(CC(=O)Nc2ccccc2Cl)CC1)C(C)CC. The Morgan fingerprint density at radius 1 is 1.00 bits per heavy atom. The first-order chi connectivity index (χ1) is 13.8. The number of hydrogen-bond donors (Lipinski definition) is 1. The fraction of sp³-hybridized carbons (Fsp3) is 0.636. The van der Waals surface area contributed by atoms with Crippen LogP contribution in [-0.2, 0) is 9.59 Å². The number of para-hydroxylation sites is 1. The lowest BCUT2D eigenvalue weighted by Gasteiger charge is -2.38. The molecule has 29 heavy (non-hydrogen) atoms. The third-order valence-corrected chi connectivity index (χ3v) is 6.09. The Bertz CT molecular complexity index is 667. The van der Waals surface area contributed by atoms with Crippen molar-refractivity contribution < 1.29 is 9.59 Å². The molecule has 1 saturated heterocycles. The van der Waals surface area contributed by atoms with Crippen molar-refractivity contribution in [2.75, 3.05) is 44.6 Å². The highest BCUT2D eigenvalue weighted by Gasteiger charge is 2.27. The van der Waals surface area contributed by atoms with E-state index in [1.54, 1.807) is 12.1 Å². The van der Waals surface area contributed by atoms with Gasteiger partial charge in [-0.1, -0.05) is 37.6 Å². The topological polar surface area (TPSA) is 55.9 Å². The number of hydrogen-bond acceptors (Lipinski definition) is 4. The van der Waals surface area contributed by atoms with Gasteiger partial charge in [-0.3, -0.25) is 19.4 Å². The number of anilines is 1. The van der Waals surface area contributed by atoms with Crippen molar-refractivity contribution in [2.24, 2.45) is 0 Å². The van der Waals surface area contributed by atoms with E-state index in [1.165, 1.54) is 0 Å². The third-order valence-electron chi connectivity index (χ3n) is 5.76. The van der Waals surface area contributed by atoms with Crippen molar-refractivity contribution in [3.63, 3.8) is 0 Å². The number of amides is 2. The average molecular weight is 423 g/mol. The standard InChI is InChI=1S/C22H35ClN4O2/c1-5-17(3)27(18(4)6-2)22(29)16-26-13-11-25(12-14-26)15-21(28)24-20-10-8-7-9-19(20)23/h7-10,17-18H,5-6,11-16H2,1-4H3,(H,24,28). The van der Waals surface area contributed by atoms with Crippen LogP contribution in [0.4, 0.5) is 5.69 Å². The van der Waals surface area contributed by atoms with Crippen LogP contribution in [0.1, 0.15) is 40.5 Å². The molecule has 1 aliphatic rings. The maximum atomic E-state index is 12.9. The summed E-state index contributed by atoms with van der Waals surface area (Å²) in [6.07, 6.45) is 1.93. The molecule has 2 unspecified atom stereocenters. The highest BCUT2D eigenvalue weighted by Crippen LogP contribution is 2.20. The first kappa shape index (κ1) is 23.6. The van der Waals surface area contributed by atoms with Crippen molar-refractivity contribution in [1.29, 1.82) is 0 Å². The van der Waals surface area contributed by atoms with E-state index in [1.807, 2.05) is 17.0 Å². The van der Waals surface area contributed by atoms with E-state index < -0.39 is 0 Å². The lowest BCUT2D eigenvalue weighted by Crippen LogP contribution is -2.53. The van der Waals surface area contributed by atoms with Crippen LogP contribution in [0.3, 0.4) is 0 Å². The molecule has 0 spiro atoms. The molecule has 0 bridgehead atoms. The molecular weight excluding hydrogens is 388 g/mol. The van der Waals surface area contributed by atoms with Crippen LogP contribution in [0.5, 0.6) is 0 Å². The van der Waals surface area contributed by atoms with Crippen molar-refractivity contribution in [2.45, 2.75) is 52.6 Å². The van der Waals surface area contributed by atoms with Gasteiger partial charge in [-0.2, -0.15) is 0 Å². The maximum absolute atomic E-state index is 12.9. The van der Waals surface area contributed by atoms with Crippen molar-refractivity contribution in [1.82, 2.24) is 14.7 Å². The van der Waals surface area contributed by atoms with Gasteiger partial charge in [0.05, 0.1) is 23.8 Å². The molecule has 0 radical (unpaired) electrons. The molecule has 1 N–H and O–H groups in total. The number of benzene rings is 1. The molecule has 0 aliphatic carbocycles. The fourth-order valence-corrected chi connectivity index (χ4v) is 3.84. The van der Waals surface area contributed by atoms with E-state index >= 15 is 0 Å².